The van der Waals surface area contributed by atoms with Crippen LogP contribution in [0.3, 0.4) is 0 Å². The van der Waals surface area contributed by atoms with E-state index in [0.29, 0.717) is 18.4 Å². The molecule has 1 saturated heterocycles. The lowest BCUT2D eigenvalue weighted by Gasteiger charge is -2.46. The summed E-state index contributed by atoms with van der Waals surface area (Å²) < 4.78 is 11.8. The number of rotatable bonds is 6. The van der Waals surface area contributed by atoms with Gasteiger partial charge >= 0.3 is 0 Å². The quantitative estimate of drug-likeness (QED) is 0.776. The number of ether oxygens (including phenoxy) is 2. The van der Waals surface area contributed by atoms with Gasteiger partial charge in [-0.1, -0.05) is 44.2 Å². The highest BCUT2D eigenvalue weighted by atomic mass is 16.5. The lowest BCUT2D eigenvalue weighted by atomic mass is 9.79. The van der Waals surface area contributed by atoms with E-state index in [9.17, 15) is 5.11 Å². The van der Waals surface area contributed by atoms with Gasteiger partial charge in [0, 0.05) is 19.1 Å². The van der Waals surface area contributed by atoms with Gasteiger partial charge in [0.25, 0.3) is 0 Å². The van der Waals surface area contributed by atoms with Crippen LogP contribution in [0.2, 0.25) is 0 Å². The van der Waals surface area contributed by atoms with E-state index >= 15 is 0 Å². The largest absolute Gasteiger partial charge is 0.493 e. The normalized spacial score (nSPS) is 24.1. The first-order chi connectivity index (χ1) is 14.0. The molecular formula is C25H33NO3. The zero-order valence-electron chi connectivity index (χ0n) is 17.8. The molecule has 3 atom stereocenters. The Morgan fingerprint density at radius 3 is 2.66 bits per heavy atom. The second-order valence-electron chi connectivity index (χ2n) is 8.93. The third-order valence-corrected chi connectivity index (χ3v) is 6.38. The Hall–Kier alpha value is -2.04. The fraction of sp³-hybridized carbons (Fsp3) is 0.520. The van der Waals surface area contributed by atoms with Crippen molar-refractivity contribution >= 4 is 0 Å². The smallest absolute Gasteiger partial charge is 0.161 e. The van der Waals surface area contributed by atoms with E-state index in [1.807, 2.05) is 18.2 Å². The molecule has 2 aromatic carbocycles. The molecule has 2 aromatic rings. The molecule has 0 bridgehead atoms. The molecule has 156 valence electrons. The number of aliphatic hydroxyl groups is 1. The summed E-state index contributed by atoms with van der Waals surface area (Å²) in [6.45, 7) is 7.04. The average molecular weight is 396 g/mol. The van der Waals surface area contributed by atoms with Crippen molar-refractivity contribution in [1.29, 1.82) is 0 Å². The highest BCUT2D eigenvalue weighted by Crippen LogP contribution is 2.43. The van der Waals surface area contributed by atoms with Gasteiger partial charge in [-0.3, -0.25) is 4.90 Å². The Labute approximate surface area is 174 Å². The summed E-state index contributed by atoms with van der Waals surface area (Å²) in [5.41, 5.74) is 3.76. The topological polar surface area (TPSA) is 41.9 Å². The molecule has 0 amide bonds. The van der Waals surface area contributed by atoms with Gasteiger partial charge in [-0.05, 0) is 59.9 Å². The van der Waals surface area contributed by atoms with E-state index in [1.165, 1.54) is 11.1 Å². The molecule has 2 aliphatic rings. The SMILES string of the molecule is COc1cc2c(cc1OCc1ccccc1)CCN1C[C@H](CC(C)C)[C@H](O)C[C@H]21. The van der Waals surface area contributed by atoms with Crippen molar-refractivity contribution in [3.63, 3.8) is 0 Å². The van der Waals surface area contributed by atoms with Crippen LogP contribution in [0.25, 0.3) is 0 Å². The molecule has 0 spiro atoms. The van der Waals surface area contributed by atoms with Gasteiger partial charge in [-0.2, -0.15) is 0 Å². The van der Waals surface area contributed by atoms with E-state index in [4.69, 9.17) is 9.47 Å². The molecule has 4 nitrogen and oxygen atoms in total. The fourth-order valence-electron chi connectivity index (χ4n) is 4.94. The molecule has 0 saturated carbocycles. The van der Waals surface area contributed by atoms with Crippen molar-refractivity contribution in [1.82, 2.24) is 4.90 Å². The maximum Gasteiger partial charge on any atom is 0.161 e. The van der Waals surface area contributed by atoms with Crippen LogP contribution in [-0.2, 0) is 13.0 Å². The van der Waals surface area contributed by atoms with Crippen LogP contribution in [0, 0.1) is 11.8 Å². The molecule has 1 fully saturated rings. The van der Waals surface area contributed by atoms with Crippen LogP contribution in [-0.4, -0.2) is 36.3 Å². The van der Waals surface area contributed by atoms with Gasteiger partial charge < -0.3 is 14.6 Å². The first-order valence-corrected chi connectivity index (χ1v) is 10.8. The number of hydrogen-bond donors (Lipinski definition) is 1. The highest BCUT2D eigenvalue weighted by Gasteiger charge is 2.38. The van der Waals surface area contributed by atoms with E-state index in [0.717, 1.165) is 49.4 Å². The van der Waals surface area contributed by atoms with Crippen molar-refractivity contribution in [3.8, 4) is 11.5 Å². The van der Waals surface area contributed by atoms with E-state index in [2.05, 4.69) is 43.0 Å². The Morgan fingerprint density at radius 2 is 1.93 bits per heavy atom. The summed E-state index contributed by atoms with van der Waals surface area (Å²) in [7, 11) is 1.70. The molecule has 0 unspecified atom stereocenters. The molecule has 1 N–H and O–H groups in total. The summed E-state index contributed by atoms with van der Waals surface area (Å²) in [4.78, 5) is 2.56. The number of methoxy groups -OCH3 is 1. The Bertz CT molecular complexity index is 820. The molecular weight excluding hydrogens is 362 g/mol. The summed E-state index contributed by atoms with van der Waals surface area (Å²) in [6.07, 6.45) is 2.68. The summed E-state index contributed by atoms with van der Waals surface area (Å²) in [5.74, 6) is 2.58. The summed E-state index contributed by atoms with van der Waals surface area (Å²) in [6, 6.07) is 14.8. The van der Waals surface area contributed by atoms with Crippen LogP contribution in [0.1, 0.15) is 49.4 Å². The van der Waals surface area contributed by atoms with Gasteiger partial charge in [0.05, 0.1) is 13.2 Å². The first-order valence-electron chi connectivity index (χ1n) is 10.8. The Kier molecular flexibility index (Phi) is 6.12. The Morgan fingerprint density at radius 1 is 1.14 bits per heavy atom. The van der Waals surface area contributed by atoms with Crippen molar-refractivity contribution in [2.45, 2.75) is 51.9 Å². The number of aliphatic hydroxyl groups excluding tert-OH is 1. The maximum atomic E-state index is 10.8. The number of fused-ring (bicyclic) bond motifs is 3. The molecule has 0 aromatic heterocycles. The van der Waals surface area contributed by atoms with Crippen LogP contribution in [0.15, 0.2) is 42.5 Å². The lowest BCUT2D eigenvalue weighted by molar-refractivity contribution is -0.0191. The standard InChI is InChI=1S/C25H33NO3/c1-17(2)11-20-15-26-10-9-19-12-25(29-16-18-7-5-4-6-8-18)24(28-3)13-21(19)22(26)14-23(20)27/h4-8,12-13,17,20,22-23,27H,9-11,14-16H2,1-3H3/t20-,22+,23+/m0/s1. The molecule has 4 heteroatoms. The second-order valence-corrected chi connectivity index (χ2v) is 8.93. The van der Waals surface area contributed by atoms with E-state index in [-0.39, 0.29) is 12.1 Å². The highest BCUT2D eigenvalue weighted by molar-refractivity contribution is 5.49. The molecule has 0 aliphatic carbocycles. The minimum absolute atomic E-state index is 0.232. The van der Waals surface area contributed by atoms with Crippen molar-refractivity contribution in [2.75, 3.05) is 20.2 Å². The molecule has 29 heavy (non-hydrogen) atoms. The summed E-state index contributed by atoms with van der Waals surface area (Å²) >= 11 is 0. The van der Waals surface area contributed by atoms with E-state index < -0.39 is 0 Å². The van der Waals surface area contributed by atoms with Crippen molar-refractivity contribution in [2.24, 2.45) is 11.8 Å². The zero-order valence-corrected chi connectivity index (χ0v) is 17.8. The number of piperidine rings is 1. The van der Waals surface area contributed by atoms with Gasteiger partial charge in [0.15, 0.2) is 11.5 Å². The van der Waals surface area contributed by atoms with Gasteiger partial charge in [-0.25, -0.2) is 0 Å². The van der Waals surface area contributed by atoms with Gasteiger partial charge in [-0.15, -0.1) is 0 Å². The predicted molar refractivity (Wildman–Crippen MR) is 115 cm³/mol. The summed E-state index contributed by atoms with van der Waals surface area (Å²) in [5, 5.41) is 10.8. The monoisotopic (exact) mass is 395 g/mol. The van der Waals surface area contributed by atoms with Crippen LogP contribution in [0.4, 0.5) is 0 Å². The van der Waals surface area contributed by atoms with Crippen LogP contribution < -0.4 is 9.47 Å². The maximum absolute atomic E-state index is 10.8. The minimum Gasteiger partial charge on any atom is -0.493 e. The first kappa shape index (κ1) is 20.2. The number of hydrogen-bond acceptors (Lipinski definition) is 4. The Balaban J connectivity index is 1.54. The molecule has 0 radical (unpaired) electrons. The zero-order chi connectivity index (χ0) is 20.4. The number of nitrogens with zero attached hydrogens (tertiary/aromatic N) is 1. The van der Waals surface area contributed by atoms with E-state index in [1.54, 1.807) is 7.11 Å². The number of benzene rings is 2. The third-order valence-electron chi connectivity index (χ3n) is 6.38. The van der Waals surface area contributed by atoms with Crippen LogP contribution >= 0.6 is 0 Å². The molecule has 2 aliphatic heterocycles. The predicted octanol–water partition coefficient (Wildman–Crippen LogP) is 4.60. The lowest BCUT2D eigenvalue weighted by Crippen LogP contribution is -2.48. The van der Waals surface area contributed by atoms with Crippen molar-refractivity contribution in [3.05, 3.63) is 59.2 Å². The van der Waals surface area contributed by atoms with Gasteiger partial charge in [0.1, 0.15) is 6.61 Å². The molecule has 2 heterocycles. The van der Waals surface area contributed by atoms with Crippen molar-refractivity contribution < 1.29 is 14.6 Å². The second kappa shape index (κ2) is 8.76. The average Bonchev–Trinajstić information content (AvgIpc) is 2.72. The molecule has 4 rings (SSSR count). The third kappa shape index (κ3) is 4.44. The van der Waals surface area contributed by atoms with Gasteiger partial charge in [0.2, 0.25) is 0 Å². The minimum atomic E-state index is -0.232. The van der Waals surface area contributed by atoms with Crippen LogP contribution in [0.5, 0.6) is 11.5 Å². The fourth-order valence-corrected chi connectivity index (χ4v) is 4.94.